The van der Waals surface area contributed by atoms with E-state index in [0.29, 0.717) is 0 Å². The van der Waals surface area contributed by atoms with E-state index in [1.54, 1.807) is 0 Å². The third kappa shape index (κ3) is 2.77. The van der Waals surface area contributed by atoms with E-state index in [9.17, 15) is 0 Å². The van der Waals surface area contributed by atoms with Gasteiger partial charge < -0.3 is 0 Å². The fraction of sp³-hybridized carbons (Fsp3) is 0.118. The quantitative estimate of drug-likeness (QED) is 0.651. The zero-order valence-corrected chi connectivity index (χ0v) is 11.5. The van der Waals surface area contributed by atoms with Crippen LogP contribution in [0, 0.1) is 6.92 Å². The van der Waals surface area contributed by atoms with Gasteiger partial charge in [0.2, 0.25) is 0 Å². The van der Waals surface area contributed by atoms with E-state index in [1.165, 1.54) is 22.1 Å². The Labute approximate surface area is 117 Å². The lowest BCUT2D eigenvalue weighted by Crippen LogP contribution is -1.90. The molecule has 0 fully saturated rings. The molecule has 0 amide bonds. The van der Waals surface area contributed by atoms with Gasteiger partial charge >= 0.3 is 0 Å². The second-order valence-corrected chi connectivity index (χ2v) is 5.28. The van der Waals surface area contributed by atoms with Crippen molar-refractivity contribution in [1.82, 2.24) is 4.98 Å². The van der Waals surface area contributed by atoms with Crippen LogP contribution in [0.5, 0.6) is 0 Å². The zero-order chi connectivity index (χ0) is 13.2. The monoisotopic (exact) mass is 267 g/mol. The Hall–Kier alpha value is -1.86. The van der Waals surface area contributed by atoms with E-state index in [2.05, 4.69) is 48.3 Å². The highest BCUT2D eigenvalue weighted by Crippen LogP contribution is 2.18. The van der Waals surface area contributed by atoms with Crippen molar-refractivity contribution in [3.8, 4) is 0 Å². The van der Waals surface area contributed by atoms with Crippen LogP contribution in [0.15, 0.2) is 54.7 Å². The SMILES string of the molecule is Cc1ccc2ncc(Cc3ccc(Cl)cc3)cc2c1. The molecule has 0 aliphatic heterocycles. The topological polar surface area (TPSA) is 12.9 Å². The normalized spacial score (nSPS) is 10.8. The van der Waals surface area contributed by atoms with Gasteiger partial charge in [0.15, 0.2) is 0 Å². The zero-order valence-electron chi connectivity index (χ0n) is 10.7. The predicted molar refractivity (Wildman–Crippen MR) is 80.7 cm³/mol. The highest BCUT2D eigenvalue weighted by molar-refractivity contribution is 6.30. The van der Waals surface area contributed by atoms with Crippen LogP contribution in [0.25, 0.3) is 10.9 Å². The van der Waals surface area contributed by atoms with Crippen molar-refractivity contribution in [3.63, 3.8) is 0 Å². The van der Waals surface area contributed by atoms with E-state index in [1.807, 2.05) is 18.3 Å². The summed E-state index contributed by atoms with van der Waals surface area (Å²) in [6.07, 6.45) is 2.83. The molecule has 0 saturated heterocycles. The van der Waals surface area contributed by atoms with Crippen molar-refractivity contribution in [2.75, 3.05) is 0 Å². The lowest BCUT2D eigenvalue weighted by molar-refractivity contribution is 1.17. The molecule has 0 unspecified atom stereocenters. The lowest BCUT2D eigenvalue weighted by Gasteiger charge is -2.04. The van der Waals surface area contributed by atoms with Gasteiger partial charge in [-0.25, -0.2) is 0 Å². The number of hydrogen-bond donors (Lipinski definition) is 0. The van der Waals surface area contributed by atoms with Crippen LogP contribution in [-0.4, -0.2) is 4.98 Å². The van der Waals surface area contributed by atoms with Gasteiger partial charge in [0.25, 0.3) is 0 Å². The minimum absolute atomic E-state index is 0.774. The van der Waals surface area contributed by atoms with E-state index in [4.69, 9.17) is 11.6 Å². The Morgan fingerprint density at radius 2 is 1.74 bits per heavy atom. The Bertz CT molecular complexity index is 717. The highest BCUT2D eigenvalue weighted by atomic mass is 35.5. The first-order chi connectivity index (χ1) is 9.20. The number of nitrogens with zero attached hydrogens (tertiary/aromatic N) is 1. The molecule has 0 aliphatic rings. The molecule has 1 nitrogen and oxygen atoms in total. The van der Waals surface area contributed by atoms with Crippen LogP contribution in [0.4, 0.5) is 0 Å². The summed E-state index contributed by atoms with van der Waals surface area (Å²) in [4.78, 5) is 4.51. The van der Waals surface area contributed by atoms with Crippen LogP contribution in [0.3, 0.4) is 0 Å². The molecular weight excluding hydrogens is 254 g/mol. The number of aromatic nitrogens is 1. The van der Waals surface area contributed by atoms with Crippen molar-refractivity contribution in [3.05, 3.63) is 76.4 Å². The summed E-state index contributed by atoms with van der Waals surface area (Å²) in [7, 11) is 0. The summed E-state index contributed by atoms with van der Waals surface area (Å²) >= 11 is 5.90. The smallest absolute Gasteiger partial charge is 0.0702 e. The van der Waals surface area contributed by atoms with Gasteiger partial charge in [-0.15, -0.1) is 0 Å². The molecule has 1 aromatic heterocycles. The number of aryl methyl sites for hydroxylation is 1. The fourth-order valence-electron chi connectivity index (χ4n) is 2.23. The van der Waals surface area contributed by atoms with Gasteiger partial charge in [-0.3, -0.25) is 4.98 Å². The third-order valence-electron chi connectivity index (χ3n) is 3.21. The van der Waals surface area contributed by atoms with Crippen LogP contribution < -0.4 is 0 Å². The Morgan fingerprint density at radius 1 is 0.947 bits per heavy atom. The first-order valence-electron chi connectivity index (χ1n) is 6.30. The molecule has 3 rings (SSSR count). The largest absolute Gasteiger partial charge is 0.256 e. The fourth-order valence-corrected chi connectivity index (χ4v) is 2.36. The van der Waals surface area contributed by atoms with Crippen LogP contribution in [0.1, 0.15) is 16.7 Å². The maximum Gasteiger partial charge on any atom is 0.0702 e. The molecule has 3 aromatic rings. The van der Waals surface area contributed by atoms with Gasteiger partial charge in [0.05, 0.1) is 5.52 Å². The molecule has 0 radical (unpaired) electrons. The average molecular weight is 268 g/mol. The summed E-state index contributed by atoms with van der Waals surface area (Å²) in [6, 6.07) is 16.5. The van der Waals surface area contributed by atoms with Crippen molar-refractivity contribution >= 4 is 22.5 Å². The van der Waals surface area contributed by atoms with Crippen LogP contribution >= 0.6 is 11.6 Å². The summed E-state index contributed by atoms with van der Waals surface area (Å²) in [5.74, 6) is 0. The number of pyridine rings is 1. The predicted octanol–water partition coefficient (Wildman–Crippen LogP) is 4.79. The van der Waals surface area contributed by atoms with Crippen LogP contribution in [-0.2, 0) is 6.42 Å². The van der Waals surface area contributed by atoms with Gasteiger partial charge in [-0.2, -0.15) is 0 Å². The lowest BCUT2D eigenvalue weighted by atomic mass is 10.0. The minimum Gasteiger partial charge on any atom is -0.256 e. The van der Waals surface area contributed by atoms with Crippen LogP contribution in [0.2, 0.25) is 5.02 Å². The molecule has 0 spiro atoms. The van der Waals surface area contributed by atoms with Crippen molar-refractivity contribution < 1.29 is 0 Å². The summed E-state index contributed by atoms with van der Waals surface area (Å²) in [5, 5.41) is 1.97. The van der Waals surface area contributed by atoms with E-state index >= 15 is 0 Å². The number of benzene rings is 2. The van der Waals surface area contributed by atoms with E-state index in [0.717, 1.165) is 17.0 Å². The minimum atomic E-state index is 0.774. The molecule has 94 valence electrons. The average Bonchev–Trinajstić information content (AvgIpc) is 2.41. The number of halogens is 1. The Balaban J connectivity index is 1.94. The molecular formula is C17H14ClN. The summed E-state index contributed by atoms with van der Waals surface area (Å²) in [5.41, 5.74) is 4.78. The number of hydrogen-bond acceptors (Lipinski definition) is 1. The summed E-state index contributed by atoms with van der Waals surface area (Å²) < 4.78 is 0. The van der Waals surface area contributed by atoms with E-state index in [-0.39, 0.29) is 0 Å². The Kier molecular flexibility index (Phi) is 3.22. The molecule has 2 aromatic carbocycles. The van der Waals surface area contributed by atoms with Gasteiger partial charge in [0.1, 0.15) is 0 Å². The second kappa shape index (κ2) is 5.02. The highest BCUT2D eigenvalue weighted by Gasteiger charge is 2.00. The molecule has 0 bridgehead atoms. The van der Waals surface area contributed by atoms with Gasteiger partial charge in [-0.05, 0) is 54.8 Å². The first-order valence-corrected chi connectivity index (χ1v) is 6.68. The number of rotatable bonds is 2. The maximum absolute atomic E-state index is 5.90. The van der Waals surface area contributed by atoms with Crippen molar-refractivity contribution in [2.45, 2.75) is 13.3 Å². The van der Waals surface area contributed by atoms with Crippen molar-refractivity contribution in [1.29, 1.82) is 0 Å². The van der Waals surface area contributed by atoms with Gasteiger partial charge in [0, 0.05) is 16.6 Å². The maximum atomic E-state index is 5.90. The molecule has 0 atom stereocenters. The molecule has 1 heterocycles. The molecule has 0 aliphatic carbocycles. The second-order valence-electron chi connectivity index (χ2n) is 4.84. The van der Waals surface area contributed by atoms with E-state index < -0.39 is 0 Å². The Morgan fingerprint density at radius 3 is 2.53 bits per heavy atom. The first kappa shape index (κ1) is 12.2. The standard InChI is InChI=1S/C17H14ClN/c1-12-2-7-17-15(8-12)10-14(11-19-17)9-13-3-5-16(18)6-4-13/h2-8,10-11H,9H2,1H3. The number of fused-ring (bicyclic) bond motifs is 1. The molecule has 2 heteroatoms. The van der Waals surface area contributed by atoms with Gasteiger partial charge in [-0.1, -0.05) is 35.4 Å². The molecule has 0 saturated carbocycles. The molecule has 19 heavy (non-hydrogen) atoms. The molecule has 0 N–H and O–H groups in total. The third-order valence-corrected chi connectivity index (χ3v) is 3.47. The summed E-state index contributed by atoms with van der Waals surface area (Å²) in [6.45, 7) is 2.10. The van der Waals surface area contributed by atoms with Crippen molar-refractivity contribution in [2.24, 2.45) is 0 Å².